The fourth-order valence-electron chi connectivity index (χ4n) is 2.57. The quantitative estimate of drug-likeness (QED) is 0.867. The number of nitrogens with zero attached hydrogens (tertiary/aromatic N) is 1. The van der Waals surface area contributed by atoms with Crippen LogP contribution in [0.3, 0.4) is 0 Å². The summed E-state index contributed by atoms with van der Waals surface area (Å²) in [6.07, 6.45) is 3.45. The highest BCUT2D eigenvalue weighted by Crippen LogP contribution is 2.18. The Labute approximate surface area is 109 Å². The average molecular weight is 250 g/mol. The Kier molecular flexibility index (Phi) is 4.59. The number of hydrogen-bond acceptors (Lipinski definition) is 2. The summed E-state index contributed by atoms with van der Waals surface area (Å²) in [4.78, 5) is 2.37. The van der Waals surface area contributed by atoms with Gasteiger partial charge in [-0.2, -0.15) is 0 Å². The summed E-state index contributed by atoms with van der Waals surface area (Å²) in [6.45, 7) is 6.56. The molecular formula is C15H23FN2. The Hall–Kier alpha value is -1.09. The van der Waals surface area contributed by atoms with E-state index in [1.165, 1.54) is 6.42 Å². The summed E-state index contributed by atoms with van der Waals surface area (Å²) in [5, 5.41) is 3.66. The molecule has 0 radical (unpaired) electrons. The first-order valence-electron chi connectivity index (χ1n) is 6.95. The molecule has 2 atom stereocenters. The molecule has 1 aromatic rings. The van der Waals surface area contributed by atoms with Gasteiger partial charge < -0.3 is 10.2 Å². The standard InChI is InChI=1S/C15H23FN2/c1-3-14-9-11-18(10-8-12(2)17-14)15-6-4-13(16)5-7-15/h4-7,12,14,17H,3,8-11H2,1-2H3. The van der Waals surface area contributed by atoms with E-state index in [1.807, 2.05) is 12.1 Å². The van der Waals surface area contributed by atoms with Gasteiger partial charge in [-0.1, -0.05) is 6.92 Å². The van der Waals surface area contributed by atoms with E-state index < -0.39 is 0 Å². The van der Waals surface area contributed by atoms with Gasteiger partial charge in [0.1, 0.15) is 5.82 Å². The van der Waals surface area contributed by atoms with Crippen molar-refractivity contribution in [2.45, 2.75) is 45.2 Å². The van der Waals surface area contributed by atoms with Crippen LogP contribution in [-0.4, -0.2) is 25.2 Å². The van der Waals surface area contributed by atoms with Gasteiger partial charge in [0.2, 0.25) is 0 Å². The van der Waals surface area contributed by atoms with Gasteiger partial charge in [0.05, 0.1) is 0 Å². The predicted octanol–water partition coefficient (Wildman–Crippen LogP) is 3.18. The number of hydrogen-bond donors (Lipinski definition) is 1. The molecule has 1 aromatic carbocycles. The molecule has 1 heterocycles. The van der Waals surface area contributed by atoms with Crippen molar-refractivity contribution in [2.24, 2.45) is 0 Å². The molecule has 0 aromatic heterocycles. The average Bonchev–Trinajstić information content (AvgIpc) is 2.36. The second kappa shape index (κ2) is 6.19. The van der Waals surface area contributed by atoms with Crippen LogP contribution in [0.15, 0.2) is 24.3 Å². The van der Waals surface area contributed by atoms with Crippen LogP contribution in [0.4, 0.5) is 10.1 Å². The molecular weight excluding hydrogens is 227 g/mol. The Morgan fingerprint density at radius 1 is 1.22 bits per heavy atom. The molecule has 100 valence electrons. The van der Waals surface area contributed by atoms with Crippen molar-refractivity contribution in [3.8, 4) is 0 Å². The third-order valence-electron chi connectivity index (χ3n) is 3.78. The van der Waals surface area contributed by atoms with Gasteiger partial charge >= 0.3 is 0 Å². The number of halogens is 1. The van der Waals surface area contributed by atoms with E-state index in [0.717, 1.165) is 31.6 Å². The fourth-order valence-corrected chi connectivity index (χ4v) is 2.57. The summed E-state index contributed by atoms with van der Waals surface area (Å²) in [7, 11) is 0. The van der Waals surface area contributed by atoms with Crippen LogP contribution in [0.1, 0.15) is 33.1 Å². The molecule has 0 aliphatic carbocycles. The van der Waals surface area contributed by atoms with E-state index >= 15 is 0 Å². The maximum atomic E-state index is 12.9. The Morgan fingerprint density at radius 2 is 1.89 bits per heavy atom. The minimum Gasteiger partial charge on any atom is -0.371 e. The van der Waals surface area contributed by atoms with Crippen molar-refractivity contribution in [3.05, 3.63) is 30.1 Å². The van der Waals surface area contributed by atoms with Gasteiger partial charge in [0, 0.05) is 30.9 Å². The maximum absolute atomic E-state index is 12.9. The first-order valence-corrected chi connectivity index (χ1v) is 6.95. The fraction of sp³-hybridized carbons (Fsp3) is 0.600. The molecule has 2 nitrogen and oxygen atoms in total. The Balaban J connectivity index is 2.05. The van der Waals surface area contributed by atoms with Crippen molar-refractivity contribution < 1.29 is 4.39 Å². The smallest absolute Gasteiger partial charge is 0.123 e. The lowest BCUT2D eigenvalue weighted by molar-refractivity contribution is 0.378. The van der Waals surface area contributed by atoms with E-state index in [4.69, 9.17) is 0 Å². The molecule has 2 unspecified atom stereocenters. The van der Waals surface area contributed by atoms with Gasteiger partial charge in [0.15, 0.2) is 0 Å². The summed E-state index contributed by atoms with van der Waals surface area (Å²) in [6, 6.07) is 8.02. The molecule has 0 saturated carbocycles. The lowest BCUT2D eigenvalue weighted by Crippen LogP contribution is -2.44. The molecule has 0 amide bonds. The molecule has 0 bridgehead atoms. The molecule has 3 heteroatoms. The summed E-state index contributed by atoms with van der Waals surface area (Å²) < 4.78 is 12.9. The number of rotatable bonds is 2. The number of nitrogens with one attached hydrogen (secondary N) is 1. The summed E-state index contributed by atoms with van der Waals surface area (Å²) >= 11 is 0. The third kappa shape index (κ3) is 3.45. The highest BCUT2D eigenvalue weighted by molar-refractivity contribution is 5.46. The van der Waals surface area contributed by atoms with Crippen LogP contribution in [0, 0.1) is 5.82 Å². The van der Waals surface area contributed by atoms with Crippen molar-refractivity contribution >= 4 is 5.69 Å². The number of anilines is 1. The van der Waals surface area contributed by atoms with Crippen LogP contribution >= 0.6 is 0 Å². The van der Waals surface area contributed by atoms with Gasteiger partial charge in [-0.15, -0.1) is 0 Å². The van der Waals surface area contributed by atoms with E-state index in [-0.39, 0.29) is 5.82 Å². The zero-order valence-corrected chi connectivity index (χ0v) is 11.3. The Morgan fingerprint density at radius 3 is 2.56 bits per heavy atom. The van der Waals surface area contributed by atoms with Crippen LogP contribution in [0.2, 0.25) is 0 Å². The molecule has 18 heavy (non-hydrogen) atoms. The van der Waals surface area contributed by atoms with E-state index in [1.54, 1.807) is 12.1 Å². The second-order valence-electron chi connectivity index (χ2n) is 5.21. The van der Waals surface area contributed by atoms with E-state index in [9.17, 15) is 4.39 Å². The summed E-state index contributed by atoms with van der Waals surface area (Å²) in [5.74, 6) is -0.160. The molecule has 0 spiro atoms. The largest absolute Gasteiger partial charge is 0.371 e. The molecule has 1 aliphatic heterocycles. The molecule has 1 fully saturated rings. The predicted molar refractivity (Wildman–Crippen MR) is 74.5 cm³/mol. The topological polar surface area (TPSA) is 15.3 Å². The molecule has 1 N–H and O–H groups in total. The molecule has 2 rings (SSSR count). The van der Waals surface area contributed by atoms with Gasteiger partial charge in [0.25, 0.3) is 0 Å². The van der Waals surface area contributed by atoms with Gasteiger partial charge in [-0.25, -0.2) is 4.39 Å². The van der Waals surface area contributed by atoms with Crippen molar-refractivity contribution in [1.82, 2.24) is 5.32 Å². The van der Waals surface area contributed by atoms with Gasteiger partial charge in [-0.05, 0) is 50.5 Å². The number of benzene rings is 1. The zero-order valence-electron chi connectivity index (χ0n) is 11.3. The van der Waals surface area contributed by atoms with Crippen molar-refractivity contribution in [2.75, 3.05) is 18.0 Å². The zero-order chi connectivity index (χ0) is 13.0. The molecule has 1 saturated heterocycles. The van der Waals surface area contributed by atoms with Crippen LogP contribution < -0.4 is 10.2 Å². The highest BCUT2D eigenvalue weighted by atomic mass is 19.1. The SMILES string of the molecule is CCC1CCN(c2ccc(F)cc2)CCC(C)N1. The van der Waals surface area contributed by atoms with Crippen molar-refractivity contribution in [3.63, 3.8) is 0 Å². The lowest BCUT2D eigenvalue weighted by Gasteiger charge is -2.33. The first-order chi connectivity index (χ1) is 8.69. The highest BCUT2D eigenvalue weighted by Gasteiger charge is 2.17. The molecule has 1 aliphatic rings. The summed E-state index contributed by atoms with van der Waals surface area (Å²) in [5.41, 5.74) is 1.14. The van der Waals surface area contributed by atoms with Crippen molar-refractivity contribution in [1.29, 1.82) is 0 Å². The van der Waals surface area contributed by atoms with Crippen LogP contribution in [-0.2, 0) is 0 Å². The van der Waals surface area contributed by atoms with Crippen LogP contribution in [0.25, 0.3) is 0 Å². The second-order valence-corrected chi connectivity index (χ2v) is 5.21. The normalized spacial score (nSPS) is 25.6. The van der Waals surface area contributed by atoms with Gasteiger partial charge in [-0.3, -0.25) is 0 Å². The minimum absolute atomic E-state index is 0.160. The Bertz CT molecular complexity index is 363. The first kappa shape index (κ1) is 13.3. The monoisotopic (exact) mass is 250 g/mol. The van der Waals surface area contributed by atoms with Crippen LogP contribution in [0.5, 0.6) is 0 Å². The van der Waals surface area contributed by atoms with E-state index in [2.05, 4.69) is 24.1 Å². The minimum atomic E-state index is -0.160. The van der Waals surface area contributed by atoms with E-state index in [0.29, 0.717) is 12.1 Å². The lowest BCUT2D eigenvalue weighted by atomic mass is 10.1. The maximum Gasteiger partial charge on any atom is 0.123 e. The third-order valence-corrected chi connectivity index (χ3v) is 3.78.